The van der Waals surface area contributed by atoms with Gasteiger partial charge in [0.05, 0.1) is 4.92 Å². The smallest absolute Gasteiger partial charge is 0.268 e. The zero-order valence-corrected chi connectivity index (χ0v) is 10.8. The van der Waals surface area contributed by atoms with Gasteiger partial charge in [0, 0.05) is 24.7 Å². The monoisotopic (exact) mass is 249 g/mol. The first kappa shape index (κ1) is 13.0. The van der Waals surface area contributed by atoms with Gasteiger partial charge in [-0.2, -0.15) is 0 Å². The summed E-state index contributed by atoms with van der Waals surface area (Å²) < 4.78 is 0. The van der Waals surface area contributed by atoms with Crippen LogP contribution in [0.3, 0.4) is 0 Å². The topological polar surface area (TPSA) is 72.4 Å². The van der Waals surface area contributed by atoms with E-state index < -0.39 is 0 Å². The molecule has 0 radical (unpaired) electrons. The van der Waals surface area contributed by atoms with Gasteiger partial charge < -0.3 is 0 Å². The molecular weight excluding hydrogens is 230 g/mol. The van der Waals surface area contributed by atoms with Gasteiger partial charge in [-0.25, -0.2) is 5.01 Å². The molecule has 1 aliphatic rings. The summed E-state index contributed by atoms with van der Waals surface area (Å²) in [4.78, 5) is 10.4. The fourth-order valence-corrected chi connectivity index (χ4v) is 2.53. The Kier molecular flexibility index (Phi) is 3.63. The molecule has 0 amide bonds. The highest BCUT2D eigenvalue weighted by molar-refractivity contribution is 5.41. The molecule has 1 aliphatic heterocycles. The Morgan fingerprint density at radius 2 is 2.22 bits per heavy atom. The molecule has 0 aliphatic carbocycles. The second-order valence-electron chi connectivity index (χ2n) is 5.37. The van der Waals surface area contributed by atoms with Gasteiger partial charge in [-0.05, 0) is 29.9 Å². The van der Waals surface area contributed by atoms with Gasteiger partial charge in [-0.15, -0.1) is 0 Å². The molecule has 2 N–H and O–H groups in total. The van der Waals surface area contributed by atoms with Crippen LogP contribution >= 0.6 is 0 Å². The summed E-state index contributed by atoms with van der Waals surface area (Å²) in [5.41, 5.74) is 2.31. The maximum absolute atomic E-state index is 10.7. The number of nitro benzene ring substituents is 1. The number of rotatable bonds is 3. The summed E-state index contributed by atoms with van der Waals surface area (Å²) in [5, 5.41) is 12.6. The van der Waals surface area contributed by atoms with Gasteiger partial charge in [0.2, 0.25) is 0 Å². The molecule has 1 unspecified atom stereocenters. The molecule has 1 aromatic carbocycles. The van der Waals surface area contributed by atoms with Crippen molar-refractivity contribution < 1.29 is 4.92 Å². The van der Waals surface area contributed by atoms with Crippen molar-refractivity contribution in [3.8, 4) is 0 Å². The number of hydrogen-bond donors (Lipinski definition) is 1. The molecule has 5 nitrogen and oxygen atoms in total. The van der Waals surface area contributed by atoms with Crippen LogP contribution < -0.4 is 5.84 Å². The van der Waals surface area contributed by atoms with Crippen LogP contribution in [-0.4, -0.2) is 16.0 Å². The van der Waals surface area contributed by atoms with Crippen molar-refractivity contribution in [1.29, 1.82) is 0 Å². The Balaban J connectivity index is 2.22. The van der Waals surface area contributed by atoms with Gasteiger partial charge in [0.25, 0.3) is 5.69 Å². The molecule has 98 valence electrons. The number of hydrazine groups is 1. The standard InChI is InChI=1S/C13H19N3O2/c1-9(2)5-13-6-10-3-4-12(16(17)18)7-11(10)8-15(13)14/h3-4,7,9,13H,5-6,8,14H2,1-2H3. The SMILES string of the molecule is CC(C)CC1Cc2ccc([N+](=O)[O-])cc2CN1N. The molecule has 1 aromatic rings. The van der Waals surface area contributed by atoms with Crippen LogP contribution in [0.4, 0.5) is 5.69 Å². The Labute approximate surface area is 107 Å². The summed E-state index contributed by atoms with van der Waals surface area (Å²) in [6, 6.07) is 5.42. The number of fused-ring (bicyclic) bond motifs is 1. The van der Waals surface area contributed by atoms with E-state index in [0.29, 0.717) is 18.5 Å². The molecule has 0 saturated heterocycles. The van der Waals surface area contributed by atoms with E-state index in [0.717, 1.165) is 18.4 Å². The summed E-state index contributed by atoms with van der Waals surface area (Å²) in [5.74, 6) is 6.63. The summed E-state index contributed by atoms with van der Waals surface area (Å²) in [7, 11) is 0. The fraction of sp³-hybridized carbons (Fsp3) is 0.538. The minimum Gasteiger partial charge on any atom is -0.268 e. The number of benzene rings is 1. The van der Waals surface area contributed by atoms with E-state index in [1.54, 1.807) is 12.1 Å². The summed E-state index contributed by atoms with van der Waals surface area (Å²) in [6.07, 6.45) is 1.93. The molecule has 0 fully saturated rings. The van der Waals surface area contributed by atoms with Crippen molar-refractivity contribution in [2.45, 2.75) is 39.3 Å². The van der Waals surface area contributed by atoms with Crippen molar-refractivity contribution in [2.75, 3.05) is 0 Å². The molecule has 5 heteroatoms. The Morgan fingerprint density at radius 1 is 1.50 bits per heavy atom. The third kappa shape index (κ3) is 2.68. The molecule has 1 atom stereocenters. The number of hydrogen-bond acceptors (Lipinski definition) is 4. The quantitative estimate of drug-likeness (QED) is 0.506. The highest BCUT2D eigenvalue weighted by Crippen LogP contribution is 2.27. The van der Waals surface area contributed by atoms with Gasteiger partial charge >= 0.3 is 0 Å². The van der Waals surface area contributed by atoms with Gasteiger partial charge in [-0.3, -0.25) is 16.0 Å². The molecule has 0 spiro atoms. The molecule has 2 rings (SSSR count). The summed E-state index contributed by atoms with van der Waals surface area (Å²) >= 11 is 0. The molecule has 0 saturated carbocycles. The van der Waals surface area contributed by atoms with E-state index in [9.17, 15) is 10.1 Å². The van der Waals surface area contributed by atoms with Crippen LogP contribution in [0.5, 0.6) is 0 Å². The first-order valence-electron chi connectivity index (χ1n) is 6.25. The van der Waals surface area contributed by atoms with Crippen LogP contribution in [0.1, 0.15) is 31.4 Å². The lowest BCUT2D eigenvalue weighted by molar-refractivity contribution is -0.385. The van der Waals surface area contributed by atoms with E-state index in [2.05, 4.69) is 13.8 Å². The minimum absolute atomic E-state index is 0.143. The highest BCUT2D eigenvalue weighted by atomic mass is 16.6. The number of nitro groups is 1. The Bertz CT molecular complexity index is 460. The maximum Gasteiger partial charge on any atom is 0.269 e. The zero-order valence-electron chi connectivity index (χ0n) is 10.8. The number of non-ortho nitro benzene ring substituents is 1. The van der Waals surface area contributed by atoms with E-state index >= 15 is 0 Å². The van der Waals surface area contributed by atoms with Crippen LogP contribution in [0.25, 0.3) is 0 Å². The first-order chi connectivity index (χ1) is 8.47. The van der Waals surface area contributed by atoms with Gasteiger partial charge in [-0.1, -0.05) is 19.9 Å². The Morgan fingerprint density at radius 3 is 2.83 bits per heavy atom. The van der Waals surface area contributed by atoms with Gasteiger partial charge in [0.15, 0.2) is 0 Å². The second-order valence-corrected chi connectivity index (χ2v) is 5.37. The highest BCUT2D eigenvalue weighted by Gasteiger charge is 2.25. The van der Waals surface area contributed by atoms with Crippen LogP contribution in [0.15, 0.2) is 18.2 Å². The maximum atomic E-state index is 10.7. The van der Waals surface area contributed by atoms with Crippen LogP contribution in [0, 0.1) is 16.0 Å². The van der Waals surface area contributed by atoms with Crippen LogP contribution in [0.2, 0.25) is 0 Å². The fourth-order valence-electron chi connectivity index (χ4n) is 2.53. The molecule has 1 heterocycles. The van der Waals surface area contributed by atoms with Crippen molar-refractivity contribution >= 4 is 5.69 Å². The van der Waals surface area contributed by atoms with E-state index in [-0.39, 0.29) is 10.6 Å². The Hall–Kier alpha value is -1.46. The van der Waals surface area contributed by atoms with Crippen molar-refractivity contribution in [1.82, 2.24) is 5.01 Å². The second kappa shape index (κ2) is 5.04. The lowest BCUT2D eigenvalue weighted by Gasteiger charge is -2.34. The first-order valence-corrected chi connectivity index (χ1v) is 6.25. The van der Waals surface area contributed by atoms with Crippen LogP contribution in [-0.2, 0) is 13.0 Å². The third-order valence-electron chi connectivity index (χ3n) is 3.42. The minimum atomic E-state index is -0.360. The van der Waals surface area contributed by atoms with Gasteiger partial charge in [0.1, 0.15) is 0 Å². The number of nitrogens with zero attached hydrogens (tertiary/aromatic N) is 2. The molecule has 18 heavy (non-hydrogen) atoms. The molecular formula is C13H19N3O2. The van der Waals surface area contributed by atoms with Crippen molar-refractivity contribution in [3.05, 3.63) is 39.4 Å². The average molecular weight is 249 g/mol. The van der Waals surface area contributed by atoms with E-state index in [4.69, 9.17) is 5.84 Å². The predicted molar refractivity (Wildman–Crippen MR) is 69.8 cm³/mol. The normalized spacial score (nSPS) is 19.9. The molecule has 0 aromatic heterocycles. The summed E-state index contributed by atoms with van der Waals surface area (Å²) in [6.45, 7) is 4.95. The van der Waals surface area contributed by atoms with Crippen molar-refractivity contribution in [3.63, 3.8) is 0 Å². The molecule has 0 bridgehead atoms. The van der Waals surface area contributed by atoms with Crippen molar-refractivity contribution in [2.24, 2.45) is 11.8 Å². The average Bonchev–Trinajstić information content (AvgIpc) is 2.28. The lowest BCUT2D eigenvalue weighted by atomic mass is 9.90. The predicted octanol–water partition coefficient (Wildman–Crippen LogP) is 2.24. The number of nitrogens with two attached hydrogens (primary N) is 1. The largest absolute Gasteiger partial charge is 0.269 e. The van der Waals surface area contributed by atoms with E-state index in [1.165, 1.54) is 5.56 Å². The third-order valence-corrected chi connectivity index (χ3v) is 3.42. The zero-order chi connectivity index (χ0) is 13.3. The van der Waals surface area contributed by atoms with E-state index in [1.807, 2.05) is 11.1 Å². The lowest BCUT2D eigenvalue weighted by Crippen LogP contribution is -2.45.